The molecule has 0 fully saturated rings. The maximum Gasteiger partial charge on any atom is 0.0540 e. The van der Waals surface area contributed by atoms with Crippen molar-refractivity contribution in [2.45, 2.75) is 20.3 Å². The molecule has 0 atom stereocenters. The largest absolute Gasteiger partial charge is 0.309 e. The second-order valence-electron chi connectivity index (χ2n) is 19.2. The molecular weight excluding hydrogens is 929 g/mol. The van der Waals surface area contributed by atoms with Crippen molar-refractivity contribution in [1.29, 1.82) is 0 Å². The van der Waals surface area contributed by atoms with Crippen LogP contribution in [0.25, 0.3) is 66.8 Å². The van der Waals surface area contributed by atoms with Crippen LogP contribution in [-0.2, 0) is 6.42 Å². The molecule has 0 aromatic heterocycles. The van der Waals surface area contributed by atoms with Gasteiger partial charge in [0.15, 0.2) is 0 Å². The molecule has 0 aliphatic heterocycles. The number of nitrogens with zero attached hydrogens (tertiary/aromatic N) is 2. The van der Waals surface area contributed by atoms with E-state index in [9.17, 15) is 0 Å². The van der Waals surface area contributed by atoms with Gasteiger partial charge in [-0.1, -0.05) is 279 Å². The summed E-state index contributed by atoms with van der Waals surface area (Å²) in [5.74, 6) is 0. The normalized spacial score (nSPS) is 10.8. The maximum atomic E-state index is 2.40. The van der Waals surface area contributed by atoms with Gasteiger partial charge in [-0.15, -0.1) is 0 Å². The van der Waals surface area contributed by atoms with Crippen molar-refractivity contribution in [1.82, 2.24) is 0 Å². The average Bonchev–Trinajstić information content (AvgIpc) is 3.52. The molecule has 77 heavy (non-hydrogen) atoms. The summed E-state index contributed by atoms with van der Waals surface area (Å²) in [5, 5.41) is 0. The Bertz CT molecular complexity index is 3630. The fourth-order valence-electron chi connectivity index (χ4n) is 10.2. The highest BCUT2D eigenvalue weighted by molar-refractivity contribution is 5.95. The van der Waals surface area contributed by atoms with E-state index in [1.165, 1.54) is 77.9 Å². The summed E-state index contributed by atoms with van der Waals surface area (Å²) in [5.41, 5.74) is 23.9. The number of para-hydroxylation sites is 4. The van der Waals surface area contributed by atoms with Crippen molar-refractivity contribution in [3.63, 3.8) is 0 Å². The monoisotopic (exact) mass is 988 g/mol. The van der Waals surface area contributed by atoms with Gasteiger partial charge in [-0.2, -0.15) is 0 Å². The third-order valence-corrected chi connectivity index (χ3v) is 14.3. The molecule has 0 saturated heterocycles. The molecule has 12 aromatic carbocycles. The van der Waals surface area contributed by atoms with Crippen LogP contribution < -0.4 is 9.80 Å². The molecule has 0 saturated carbocycles. The van der Waals surface area contributed by atoms with E-state index in [0.29, 0.717) is 0 Å². The second kappa shape index (κ2) is 23.6. The van der Waals surface area contributed by atoms with Crippen LogP contribution in [0.3, 0.4) is 0 Å². The number of hydrogen-bond donors (Lipinski definition) is 0. The first kappa shape index (κ1) is 49.5. The molecule has 0 aliphatic carbocycles. The third-order valence-electron chi connectivity index (χ3n) is 14.3. The Morgan fingerprint density at radius 2 is 0.455 bits per heavy atom. The van der Waals surface area contributed by atoms with Crippen molar-refractivity contribution in [2.75, 3.05) is 9.80 Å². The lowest BCUT2D eigenvalue weighted by Gasteiger charge is -2.30. The average molecular weight is 989 g/mol. The van der Waals surface area contributed by atoms with Gasteiger partial charge in [-0.25, -0.2) is 0 Å². The quantitative estimate of drug-likeness (QED) is 0.114. The van der Waals surface area contributed by atoms with Crippen LogP contribution in [0.5, 0.6) is 0 Å². The number of hydrogen-bond acceptors (Lipinski definition) is 2. The highest BCUT2D eigenvalue weighted by Gasteiger charge is 2.22. The molecule has 0 amide bonds. The van der Waals surface area contributed by atoms with Gasteiger partial charge in [0.05, 0.1) is 22.7 Å². The first-order chi connectivity index (χ1) is 38.1. The highest BCUT2D eigenvalue weighted by atomic mass is 15.2. The van der Waals surface area contributed by atoms with E-state index in [4.69, 9.17) is 0 Å². The smallest absolute Gasteiger partial charge is 0.0540 e. The summed E-state index contributed by atoms with van der Waals surface area (Å²) in [6.07, 6.45) is 1.05. The van der Waals surface area contributed by atoms with E-state index in [2.05, 4.69) is 339 Å². The third kappa shape index (κ3) is 11.2. The van der Waals surface area contributed by atoms with Gasteiger partial charge in [0.25, 0.3) is 0 Å². The lowest BCUT2D eigenvalue weighted by molar-refractivity contribution is 1.14. The van der Waals surface area contributed by atoms with E-state index in [1.54, 1.807) is 0 Å². The van der Waals surface area contributed by atoms with Gasteiger partial charge in [0, 0.05) is 33.6 Å². The number of anilines is 6. The topological polar surface area (TPSA) is 6.48 Å². The minimum absolute atomic E-state index is 1.05. The lowest BCUT2D eigenvalue weighted by atomic mass is 9.98. The van der Waals surface area contributed by atoms with E-state index < -0.39 is 0 Å². The summed E-state index contributed by atoms with van der Waals surface area (Å²) >= 11 is 0. The zero-order valence-corrected chi connectivity index (χ0v) is 43.6. The van der Waals surface area contributed by atoms with Gasteiger partial charge < -0.3 is 9.80 Å². The zero-order valence-electron chi connectivity index (χ0n) is 43.6. The Hall–Kier alpha value is -9.76. The summed E-state index contributed by atoms with van der Waals surface area (Å²) in [7, 11) is 0. The number of benzene rings is 12. The second-order valence-corrected chi connectivity index (χ2v) is 19.2. The Morgan fingerprint density at radius 3 is 0.727 bits per heavy atom. The van der Waals surface area contributed by atoms with E-state index in [-0.39, 0.29) is 0 Å². The Labute approximate surface area is 455 Å². The van der Waals surface area contributed by atoms with Crippen molar-refractivity contribution < 1.29 is 0 Å². The molecule has 0 spiro atoms. The van der Waals surface area contributed by atoms with Crippen molar-refractivity contribution >= 4 is 34.1 Å². The molecule has 0 heterocycles. The van der Waals surface area contributed by atoms with Crippen LogP contribution in [0.1, 0.15) is 18.1 Å². The summed E-state index contributed by atoms with van der Waals surface area (Å²) in [4.78, 5) is 4.79. The first-order valence-corrected chi connectivity index (χ1v) is 26.6. The summed E-state index contributed by atoms with van der Waals surface area (Å²) in [6, 6.07) is 113. The zero-order chi connectivity index (χ0) is 52.2. The van der Waals surface area contributed by atoms with Crippen molar-refractivity contribution in [2.24, 2.45) is 0 Å². The van der Waals surface area contributed by atoms with Gasteiger partial charge in [-0.3, -0.25) is 0 Å². The minimum Gasteiger partial charge on any atom is -0.309 e. The van der Waals surface area contributed by atoms with Crippen LogP contribution in [0.15, 0.2) is 315 Å². The van der Waals surface area contributed by atoms with Gasteiger partial charge in [0.2, 0.25) is 0 Å². The highest BCUT2D eigenvalue weighted by Crippen LogP contribution is 2.47. The number of rotatable bonds is 13. The fourth-order valence-corrected chi connectivity index (χ4v) is 10.2. The van der Waals surface area contributed by atoms with Crippen LogP contribution >= 0.6 is 0 Å². The van der Waals surface area contributed by atoms with E-state index in [1.807, 2.05) is 0 Å². The van der Waals surface area contributed by atoms with Gasteiger partial charge >= 0.3 is 0 Å². The van der Waals surface area contributed by atoms with Crippen molar-refractivity contribution in [3.05, 3.63) is 327 Å². The molecule has 2 nitrogen and oxygen atoms in total. The molecular formula is C75H60N2. The predicted molar refractivity (Wildman–Crippen MR) is 329 cm³/mol. The Kier molecular flexibility index (Phi) is 15.2. The maximum absolute atomic E-state index is 2.40. The van der Waals surface area contributed by atoms with Gasteiger partial charge in [0.1, 0.15) is 0 Å². The molecule has 0 bridgehead atoms. The van der Waals surface area contributed by atoms with E-state index >= 15 is 0 Å². The van der Waals surface area contributed by atoms with Crippen LogP contribution in [0.2, 0.25) is 0 Å². The minimum atomic E-state index is 1.05. The summed E-state index contributed by atoms with van der Waals surface area (Å²) < 4.78 is 0. The lowest BCUT2D eigenvalue weighted by Crippen LogP contribution is -2.12. The Morgan fingerprint density at radius 1 is 0.221 bits per heavy atom. The molecule has 0 radical (unpaired) electrons. The molecule has 0 unspecified atom stereocenters. The predicted octanol–water partition coefficient (Wildman–Crippen LogP) is 21.2. The standard InChI is InChI=1S/C38H31N.C37H29N/c1-2-29-21-23-30(24-22-29)31-25-27-34(28-26-31)39(37-19-11-9-17-35(37)32-13-5-3-6-14-32)38-20-12-10-18-36(38)33-15-7-4-8-16-33;1-28-20-22-29(23-21-28)30-24-26-33(27-25-30)38(36-18-10-8-16-34(36)31-12-4-2-5-13-31)37-19-11-9-17-35(37)32-14-6-3-7-15-32/h3-28H,2H2,1H3;2-27H,1H3. The molecule has 2 heteroatoms. The Balaban J connectivity index is 0.000000164. The van der Waals surface area contributed by atoms with E-state index in [0.717, 1.165) is 40.5 Å². The SMILES string of the molecule is CCc1ccc(-c2ccc(N(c3ccccc3-c3ccccc3)c3ccccc3-c3ccccc3)cc2)cc1.Cc1ccc(-c2ccc(N(c3ccccc3-c3ccccc3)c3ccccc3-c3ccccc3)cc2)cc1. The summed E-state index contributed by atoms with van der Waals surface area (Å²) in [6.45, 7) is 4.32. The van der Waals surface area contributed by atoms with Crippen LogP contribution in [-0.4, -0.2) is 0 Å². The fraction of sp³-hybridized carbons (Fsp3) is 0.0400. The van der Waals surface area contributed by atoms with Crippen LogP contribution in [0.4, 0.5) is 34.1 Å². The van der Waals surface area contributed by atoms with Crippen molar-refractivity contribution in [3.8, 4) is 66.8 Å². The first-order valence-electron chi connectivity index (χ1n) is 26.6. The number of aryl methyl sites for hydroxylation is 2. The molecule has 12 aromatic rings. The molecule has 0 aliphatic rings. The van der Waals surface area contributed by atoms with Gasteiger partial charge in [-0.05, 0) is 112 Å². The molecule has 0 N–H and O–H groups in total. The molecule has 12 rings (SSSR count). The molecule has 370 valence electrons. The van der Waals surface area contributed by atoms with Crippen LogP contribution in [0, 0.1) is 6.92 Å².